The second-order valence-electron chi connectivity index (χ2n) is 4.30. The minimum absolute atomic E-state index is 0.261. The van der Waals surface area contributed by atoms with Crippen molar-refractivity contribution in [1.29, 1.82) is 0 Å². The molecular weight excluding hydrogens is 188 g/mol. The third-order valence-electron chi connectivity index (χ3n) is 2.71. The lowest BCUT2D eigenvalue weighted by Gasteiger charge is -2.14. The van der Waals surface area contributed by atoms with Gasteiger partial charge in [-0.1, -0.05) is 33.1 Å². The molecule has 0 N–H and O–H groups in total. The predicted molar refractivity (Wildman–Crippen MR) is 64.0 cm³/mol. The first-order valence-corrected chi connectivity index (χ1v) is 6.27. The van der Waals surface area contributed by atoms with Gasteiger partial charge in [0.15, 0.2) is 0 Å². The van der Waals surface area contributed by atoms with Crippen LogP contribution in [0, 0.1) is 5.92 Å². The molecule has 1 atom stereocenters. The molecule has 0 aromatic heterocycles. The molecule has 0 bridgehead atoms. The molecule has 2 nitrogen and oxygen atoms in total. The zero-order valence-corrected chi connectivity index (χ0v) is 10.6. The van der Waals surface area contributed by atoms with E-state index in [1.54, 1.807) is 6.92 Å². The summed E-state index contributed by atoms with van der Waals surface area (Å²) in [4.78, 5) is 10.7. The van der Waals surface area contributed by atoms with Crippen molar-refractivity contribution in [2.75, 3.05) is 13.2 Å². The Labute approximate surface area is 94.4 Å². The summed E-state index contributed by atoms with van der Waals surface area (Å²) in [6.07, 6.45) is 6.58. The van der Waals surface area contributed by atoms with Gasteiger partial charge >= 0.3 is 0 Å². The first-order valence-electron chi connectivity index (χ1n) is 6.27. The van der Waals surface area contributed by atoms with E-state index in [0.717, 1.165) is 19.6 Å². The molecule has 15 heavy (non-hydrogen) atoms. The van der Waals surface area contributed by atoms with Gasteiger partial charge in [0, 0.05) is 19.6 Å². The number of Topliss-reactive ketones (excluding diaryl/α,β-unsaturated/α-hetero) is 1. The van der Waals surface area contributed by atoms with Gasteiger partial charge < -0.3 is 9.53 Å². The third-order valence-corrected chi connectivity index (χ3v) is 2.71. The van der Waals surface area contributed by atoms with Gasteiger partial charge in [0.05, 0.1) is 0 Å². The standard InChI is InChI=1S/C13H26O2/c1-4-6-9-13(5-2)11-15-10-7-8-12(3)14/h13H,4-11H2,1-3H3. The van der Waals surface area contributed by atoms with E-state index >= 15 is 0 Å². The van der Waals surface area contributed by atoms with Gasteiger partial charge in [0.25, 0.3) is 0 Å². The van der Waals surface area contributed by atoms with E-state index < -0.39 is 0 Å². The Balaban J connectivity index is 3.33. The first kappa shape index (κ1) is 14.6. The zero-order chi connectivity index (χ0) is 11.5. The van der Waals surface area contributed by atoms with Crippen LogP contribution in [0.4, 0.5) is 0 Å². The van der Waals surface area contributed by atoms with Crippen LogP contribution >= 0.6 is 0 Å². The van der Waals surface area contributed by atoms with Crippen LogP contribution in [0.2, 0.25) is 0 Å². The van der Waals surface area contributed by atoms with Gasteiger partial charge in [0.2, 0.25) is 0 Å². The molecule has 0 aliphatic rings. The van der Waals surface area contributed by atoms with Gasteiger partial charge in [-0.05, 0) is 25.7 Å². The van der Waals surface area contributed by atoms with Crippen LogP contribution in [0.15, 0.2) is 0 Å². The quantitative estimate of drug-likeness (QED) is 0.519. The maximum Gasteiger partial charge on any atom is 0.129 e. The first-order chi connectivity index (χ1) is 7.20. The third kappa shape index (κ3) is 9.92. The fourth-order valence-electron chi connectivity index (χ4n) is 1.57. The number of carbonyl (C=O) groups is 1. The van der Waals surface area contributed by atoms with E-state index in [4.69, 9.17) is 4.74 Å². The molecule has 0 aliphatic carbocycles. The summed E-state index contributed by atoms with van der Waals surface area (Å²) in [6.45, 7) is 7.69. The second-order valence-corrected chi connectivity index (χ2v) is 4.30. The van der Waals surface area contributed by atoms with Gasteiger partial charge in [0.1, 0.15) is 5.78 Å². The summed E-state index contributed by atoms with van der Waals surface area (Å²) < 4.78 is 5.58. The van der Waals surface area contributed by atoms with Crippen LogP contribution in [-0.4, -0.2) is 19.0 Å². The molecule has 90 valence electrons. The number of ether oxygens (including phenoxy) is 1. The van der Waals surface area contributed by atoms with Gasteiger partial charge in [-0.2, -0.15) is 0 Å². The van der Waals surface area contributed by atoms with Crippen LogP contribution in [-0.2, 0) is 9.53 Å². The SMILES string of the molecule is CCCCC(CC)COCCCC(C)=O. The monoisotopic (exact) mass is 214 g/mol. The van der Waals surface area contributed by atoms with E-state index in [0.29, 0.717) is 12.3 Å². The number of carbonyl (C=O) groups excluding carboxylic acids is 1. The highest BCUT2D eigenvalue weighted by Crippen LogP contribution is 2.12. The number of hydrogen-bond acceptors (Lipinski definition) is 2. The van der Waals surface area contributed by atoms with Crippen molar-refractivity contribution in [3.63, 3.8) is 0 Å². The van der Waals surface area contributed by atoms with Crippen molar-refractivity contribution in [1.82, 2.24) is 0 Å². The van der Waals surface area contributed by atoms with Crippen molar-refractivity contribution in [2.24, 2.45) is 5.92 Å². The molecule has 0 aromatic carbocycles. The molecule has 0 heterocycles. The molecule has 0 spiro atoms. The highest BCUT2D eigenvalue weighted by atomic mass is 16.5. The van der Waals surface area contributed by atoms with Gasteiger partial charge in [-0.3, -0.25) is 0 Å². The van der Waals surface area contributed by atoms with Crippen molar-refractivity contribution in [3.8, 4) is 0 Å². The largest absolute Gasteiger partial charge is 0.381 e. The molecule has 0 saturated heterocycles. The lowest BCUT2D eigenvalue weighted by atomic mass is 10.0. The normalized spacial score (nSPS) is 12.7. The molecular formula is C13H26O2. The lowest BCUT2D eigenvalue weighted by Crippen LogP contribution is -2.10. The smallest absolute Gasteiger partial charge is 0.129 e. The minimum Gasteiger partial charge on any atom is -0.381 e. The van der Waals surface area contributed by atoms with Crippen LogP contribution in [0.5, 0.6) is 0 Å². The van der Waals surface area contributed by atoms with E-state index in [1.165, 1.54) is 25.7 Å². The van der Waals surface area contributed by atoms with Crippen LogP contribution in [0.25, 0.3) is 0 Å². The maximum absolute atomic E-state index is 10.7. The molecule has 0 rings (SSSR count). The summed E-state index contributed by atoms with van der Waals surface area (Å²) >= 11 is 0. The highest BCUT2D eigenvalue weighted by Gasteiger charge is 2.05. The average molecular weight is 214 g/mol. The van der Waals surface area contributed by atoms with Gasteiger partial charge in [-0.25, -0.2) is 0 Å². The molecule has 2 heteroatoms. The minimum atomic E-state index is 0.261. The van der Waals surface area contributed by atoms with Crippen LogP contribution < -0.4 is 0 Å². The van der Waals surface area contributed by atoms with E-state index in [9.17, 15) is 4.79 Å². The van der Waals surface area contributed by atoms with Crippen LogP contribution in [0.3, 0.4) is 0 Å². The Morgan fingerprint density at radius 3 is 2.53 bits per heavy atom. The van der Waals surface area contributed by atoms with Gasteiger partial charge in [-0.15, -0.1) is 0 Å². The number of hydrogen-bond donors (Lipinski definition) is 0. The van der Waals surface area contributed by atoms with E-state index in [1.807, 2.05) is 0 Å². The maximum atomic E-state index is 10.7. The molecule has 0 amide bonds. The number of unbranched alkanes of at least 4 members (excludes halogenated alkanes) is 1. The predicted octanol–water partition coefficient (Wildman–Crippen LogP) is 3.59. The van der Waals surface area contributed by atoms with E-state index in [-0.39, 0.29) is 5.78 Å². The summed E-state index contributed by atoms with van der Waals surface area (Å²) in [7, 11) is 0. The average Bonchev–Trinajstić information content (AvgIpc) is 2.21. The summed E-state index contributed by atoms with van der Waals surface area (Å²) in [5, 5.41) is 0. The Morgan fingerprint density at radius 1 is 1.27 bits per heavy atom. The van der Waals surface area contributed by atoms with Crippen molar-refractivity contribution in [3.05, 3.63) is 0 Å². The van der Waals surface area contributed by atoms with Crippen molar-refractivity contribution >= 4 is 5.78 Å². The van der Waals surface area contributed by atoms with Crippen molar-refractivity contribution in [2.45, 2.75) is 59.3 Å². The molecule has 0 aromatic rings. The number of ketones is 1. The molecule has 0 saturated carbocycles. The summed E-state index contributed by atoms with van der Waals surface area (Å²) in [5.74, 6) is 0.971. The molecule has 0 fully saturated rings. The zero-order valence-electron chi connectivity index (χ0n) is 10.6. The number of rotatable bonds is 10. The molecule has 0 radical (unpaired) electrons. The summed E-state index contributed by atoms with van der Waals surface area (Å²) in [6, 6.07) is 0. The second kappa shape index (κ2) is 10.2. The topological polar surface area (TPSA) is 26.3 Å². The Kier molecular flexibility index (Phi) is 9.91. The summed E-state index contributed by atoms with van der Waals surface area (Å²) in [5.41, 5.74) is 0. The van der Waals surface area contributed by atoms with E-state index in [2.05, 4.69) is 13.8 Å². The van der Waals surface area contributed by atoms with Crippen LogP contribution in [0.1, 0.15) is 59.3 Å². The fraction of sp³-hybridized carbons (Fsp3) is 0.923. The molecule has 1 unspecified atom stereocenters. The fourth-order valence-corrected chi connectivity index (χ4v) is 1.57. The Bertz CT molecular complexity index is 155. The Morgan fingerprint density at radius 2 is 2.00 bits per heavy atom. The lowest BCUT2D eigenvalue weighted by molar-refractivity contribution is -0.117. The van der Waals surface area contributed by atoms with Crippen molar-refractivity contribution < 1.29 is 9.53 Å². The Hall–Kier alpha value is -0.370. The molecule has 0 aliphatic heterocycles. The highest BCUT2D eigenvalue weighted by molar-refractivity contribution is 5.75.